The second kappa shape index (κ2) is 25.2. The number of piperidine rings is 2. The van der Waals surface area contributed by atoms with Gasteiger partial charge in [0.2, 0.25) is 0 Å². The molecule has 2 aliphatic heterocycles. The summed E-state index contributed by atoms with van der Waals surface area (Å²) in [5, 5.41) is 3.47. The third-order valence-corrected chi connectivity index (χ3v) is 9.69. The average Bonchev–Trinajstić information content (AvgIpc) is 3.12. The summed E-state index contributed by atoms with van der Waals surface area (Å²) in [5.41, 5.74) is 1.81. The van der Waals surface area contributed by atoms with E-state index in [0.717, 1.165) is 94.5 Å². The van der Waals surface area contributed by atoms with Crippen molar-refractivity contribution >= 4 is 6.09 Å². The molecule has 288 valence electrons. The molecule has 0 aliphatic carbocycles. The van der Waals surface area contributed by atoms with E-state index < -0.39 is 5.60 Å². The first-order chi connectivity index (χ1) is 24.8. The van der Waals surface area contributed by atoms with Gasteiger partial charge in [0.25, 0.3) is 0 Å². The molecule has 2 atom stereocenters. The quantitative estimate of drug-likeness (QED) is 0.137. The van der Waals surface area contributed by atoms with Crippen LogP contribution in [-0.2, 0) is 17.6 Å². The van der Waals surface area contributed by atoms with Crippen molar-refractivity contribution < 1.29 is 19.0 Å². The Bertz CT molecular complexity index is 1160. The zero-order valence-corrected chi connectivity index (χ0v) is 33.1. The van der Waals surface area contributed by atoms with Crippen molar-refractivity contribution in [2.75, 3.05) is 39.4 Å². The minimum atomic E-state index is -0.447. The number of nitrogens with zero attached hydrogens (tertiary/aromatic N) is 3. The molecule has 8 heteroatoms. The van der Waals surface area contributed by atoms with E-state index in [9.17, 15) is 4.79 Å². The molecule has 2 aromatic heterocycles. The number of hydrogen-bond acceptors (Lipinski definition) is 7. The number of aromatic nitrogens is 2. The van der Waals surface area contributed by atoms with Gasteiger partial charge in [-0.2, -0.15) is 0 Å². The molecule has 2 aliphatic rings. The molecule has 0 aromatic carbocycles. The van der Waals surface area contributed by atoms with Crippen LogP contribution in [0, 0.1) is 11.8 Å². The Morgan fingerprint density at radius 3 is 1.76 bits per heavy atom. The zero-order valence-electron chi connectivity index (χ0n) is 33.1. The van der Waals surface area contributed by atoms with E-state index in [4.69, 9.17) is 14.2 Å². The maximum Gasteiger partial charge on any atom is 0.410 e. The lowest BCUT2D eigenvalue weighted by atomic mass is 9.93. The first-order valence-electron chi connectivity index (χ1n) is 20.6. The van der Waals surface area contributed by atoms with Gasteiger partial charge >= 0.3 is 6.09 Å². The van der Waals surface area contributed by atoms with Gasteiger partial charge in [-0.1, -0.05) is 78.1 Å². The molecular weight excluding hydrogens is 636 g/mol. The Morgan fingerprint density at radius 1 is 0.745 bits per heavy atom. The van der Waals surface area contributed by atoms with Crippen molar-refractivity contribution in [2.24, 2.45) is 11.8 Å². The van der Waals surface area contributed by atoms with Crippen LogP contribution in [0.4, 0.5) is 4.79 Å². The van der Waals surface area contributed by atoms with Gasteiger partial charge in [0, 0.05) is 24.5 Å². The average molecular weight is 709 g/mol. The summed E-state index contributed by atoms with van der Waals surface area (Å²) in [7, 11) is 0. The summed E-state index contributed by atoms with van der Waals surface area (Å²) in [6, 6.07) is 8.29. The van der Waals surface area contributed by atoms with Crippen molar-refractivity contribution in [3.05, 3.63) is 48.0 Å². The highest BCUT2D eigenvalue weighted by Crippen LogP contribution is 2.23. The number of rotatable bonds is 20. The van der Waals surface area contributed by atoms with Crippen LogP contribution in [0.2, 0.25) is 0 Å². The topological polar surface area (TPSA) is 85.8 Å². The van der Waals surface area contributed by atoms with Gasteiger partial charge in [0.15, 0.2) is 0 Å². The number of hydrogen-bond donors (Lipinski definition) is 1. The number of carbonyl (C=O) groups is 1. The molecule has 0 bridgehead atoms. The highest BCUT2D eigenvalue weighted by Gasteiger charge is 2.28. The largest absolute Gasteiger partial charge is 0.492 e. The predicted molar refractivity (Wildman–Crippen MR) is 210 cm³/mol. The molecule has 2 saturated heterocycles. The fourth-order valence-electron chi connectivity index (χ4n) is 6.79. The lowest BCUT2D eigenvalue weighted by molar-refractivity contribution is 0.0165. The SMILES string of the molecule is CCCCCCCCOc1ccc(CC2CCCN(C(=O)OC(C)(C)C)C2)nc1.CCCCCCCCOc1ccc(CC2CCCNC2)nc1. The first-order valence-corrected chi connectivity index (χ1v) is 20.6. The zero-order chi connectivity index (χ0) is 36.6. The summed E-state index contributed by atoms with van der Waals surface area (Å²) in [5.74, 6) is 2.94. The van der Waals surface area contributed by atoms with Crippen molar-refractivity contribution in [3.63, 3.8) is 0 Å². The van der Waals surface area contributed by atoms with Crippen LogP contribution in [0.25, 0.3) is 0 Å². The minimum absolute atomic E-state index is 0.200. The number of ether oxygens (including phenoxy) is 3. The molecule has 4 rings (SSSR count). The monoisotopic (exact) mass is 709 g/mol. The van der Waals surface area contributed by atoms with Crippen LogP contribution in [0.3, 0.4) is 0 Å². The summed E-state index contributed by atoms with van der Waals surface area (Å²) in [6.45, 7) is 15.6. The van der Waals surface area contributed by atoms with Crippen LogP contribution in [0.5, 0.6) is 11.5 Å². The Morgan fingerprint density at radius 2 is 1.27 bits per heavy atom. The van der Waals surface area contributed by atoms with E-state index in [1.165, 1.54) is 89.3 Å². The van der Waals surface area contributed by atoms with Crippen molar-refractivity contribution in [1.82, 2.24) is 20.2 Å². The molecule has 51 heavy (non-hydrogen) atoms. The number of pyridine rings is 2. The molecule has 0 radical (unpaired) electrons. The molecular formula is C43H72N4O4. The molecule has 0 spiro atoms. The Balaban J connectivity index is 0.000000286. The number of likely N-dealkylation sites (tertiary alicyclic amines) is 1. The van der Waals surface area contributed by atoms with Crippen LogP contribution < -0.4 is 14.8 Å². The number of nitrogens with one attached hydrogen (secondary N) is 1. The van der Waals surface area contributed by atoms with Gasteiger partial charge in [-0.05, 0) is 121 Å². The van der Waals surface area contributed by atoms with Gasteiger partial charge < -0.3 is 24.4 Å². The van der Waals surface area contributed by atoms with E-state index in [1.807, 2.05) is 44.1 Å². The van der Waals surface area contributed by atoms with Crippen LogP contribution in [-0.4, -0.2) is 66.0 Å². The van der Waals surface area contributed by atoms with E-state index in [1.54, 1.807) is 0 Å². The van der Waals surface area contributed by atoms with E-state index in [-0.39, 0.29) is 6.09 Å². The maximum absolute atomic E-state index is 12.3. The van der Waals surface area contributed by atoms with Crippen molar-refractivity contribution in [1.29, 1.82) is 0 Å². The third kappa shape index (κ3) is 19.5. The maximum atomic E-state index is 12.3. The second-order valence-electron chi connectivity index (χ2n) is 15.8. The third-order valence-electron chi connectivity index (χ3n) is 9.69. The smallest absolute Gasteiger partial charge is 0.410 e. The molecule has 1 N–H and O–H groups in total. The Hall–Kier alpha value is -2.87. The highest BCUT2D eigenvalue weighted by atomic mass is 16.6. The normalized spacial score (nSPS) is 17.7. The molecule has 2 fully saturated rings. The molecule has 2 unspecified atom stereocenters. The lowest BCUT2D eigenvalue weighted by Crippen LogP contribution is -2.43. The van der Waals surface area contributed by atoms with Crippen molar-refractivity contribution in [2.45, 2.75) is 156 Å². The van der Waals surface area contributed by atoms with Crippen molar-refractivity contribution in [3.8, 4) is 11.5 Å². The second-order valence-corrected chi connectivity index (χ2v) is 15.8. The number of unbranched alkanes of at least 4 members (excludes halogenated alkanes) is 10. The van der Waals surface area contributed by atoms with Gasteiger partial charge in [-0.15, -0.1) is 0 Å². The Labute approximate surface area is 311 Å². The summed E-state index contributed by atoms with van der Waals surface area (Å²) < 4.78 is 17.1. The summed E-state index contributed by atoms with van der Waals surface area (Å²) in [6.07, 6.45) is 25.7. The number of carbonyl (C=O) groups excluding carboxylic acids is 1. The van der Waals surface area contributed by atoms with E-state index in [2.05, 4.69) is 47.3 Å². The molecule has 1 amide bonds. The molecule has 0 saturated carbocycles. The minimum Gasteiger partial charge on any atom is -0.492 e. The van der Waals surface area contributed by atoms with Crippen LogP contribution >= 0.6 is 0 Å². The number of amides is 1. The molecule has 8 nitrogen and oxygen atoms in total. The standard InChI is InChI=1S/C24H40N2O3.C19H32N2O/c1-5-6-7-8-9-10-16-28-22-14-13-21(25-18-22)17-20-12-11-15-26(19-20)23(27)29-24(2,3)4;1-2-3-4-5-6-7-13-22-19-11-10-18(21-16-19)14-17-9-8-12-20-15-17/h13-14,18,20H,5-12,15-17,19H2,1-4H3;10-11,16-17,20H,2-9,12-15H2,1H3. The van der Waals surface area contributed by atoms with E-state index in [0.29, 0.717) is 5.92 Å². The van der Waals surface area contributed by atoms with Gasteiger partial charge in [0.1, 0.15) is 17.1 Å². The molecule has 4 heterocycles. The summed E-state index contributed by atoms with van der Waals surface area (Å²) in [4.78, 5) is 23.3. The Kier molecular flexibility index (Phi) is 21.0. The molecule has 2 aromatic rings. The predicted octanol–water partition coefficient (Wildman–Crippen LogP) is 10.4. The van der Waals surface area contributed by atoms with E-state index >= 15 is 0 Å². The van der Waals surface area contributed by atoms with Gasteiger partial charge in [0.05, 0.1) is 25.6 Å². The lowest BCUT2D eigenvalue weighted by Gasteiger charge is -2.34. The fraction of sp³-hybridized carbons (Fsp3) is 0.744. The van der Waals surface area contributed by atoms with Gasteiger partial charge in [-0.25, -0.2) is 4.79 Å². The fourth-order valence-corrected chi connectivity index (χ4v) is 6.79. The van der Waals surface area contributed by atoms with Crippen LogP contribution in [0.1, 0.15) is 149 Å². The first kappa shape index (κ1) is 42.5. The summed E-state index contributed by atoms with van der Waals surface area (Å²) >= 11 is 0. The van der Waals surface area contributed by atoms with Crippen LogP contribution in [0.15, 0.2) is 36.7 Å². The highest BCUT2D eigenvalue weighted by molar-refractivity contribution is 5.68. The van der Waals surface area contributed by atoms with Gasteiger partial charge in [-0.3, -0.25) is 9.97 Å².